The highest BCUT2D eigenvalue weighted by Crippen LogP contribution is 2.30. The lowest BCUT2D eigenvalue weighted by Crippen LogP contribution is -1.97. The van der Waals surface area contributed by atoms with E-state index in [0.29, 0.717) is 15.8 Å². The number of para-hydroxylation sites is 1. The van der Waals surface area contributed by atoms with Crippen molar-refractivity contribution in [2.45, 2.75) is 17.1 Å². The average Bonchev–Trinajstić information content (AvgIpc) is 3.04. The normalized spacial score (nSPS) is 10.9. The second-order valence-corrected chi connectivity index (χ2v) is 6.50. The number of hydrogen-bond donors (Lipinski definition) is 0. The molecule has 0 saturated carbocycles. The van der Waals surface area contributed by atoms with Crippen molar-refractivity contribution in [3.63, 3.8) is 0 Å². The number of aromatic nitrogens is 4. The van der Waals surface area contributed by atoms with E-state index in [2.05, 4.69) is 15.2 Å². The first kappa shape index (κ1) is 16.0. The molecule has 26 heavy (non-hydrogen) atoms. The van der Waals surface area contributed by atoms with Crippen LogP contribution in [0.15, 0.2) is 52.6 Å². The molecule has 0 aliphatic carbocycles. The van der Waals surface area contributed by atoms with E-state index in [0.717, 1.165) is 16.5 Å². The van der Waals surface area contributed by atoms with Gasteiger partial charge < -0.3 is 0 Å². The highest BCUT2D eigenvalue weighted by Gasteiger charge is 2.18. The Morgan fingerprint density at radius 2 is 2.04 bits per heavy atom. The van der Waals surface area contributed by atoms with Gasteiger partial charge in [0.1, 0.15) is 11.1 Å². The Balaban J connectivity index is 1.85. The van der Waals surface area contributed by atoms with E-state index < -0.39 is 4.92 Å². The van der Waals surface area contributed by atoms with Gasteiger partial charge in [-0.15, -0.1) is 10.2 Å². The lowest BCUT2D eigenvalue weighted by molar-refractivity contribution is -0.385. The van der Waals surface area contributed by atoms with E-state index in [1.807, 2.05) is 41.7 Å². The van der Waals surface area contributed by atoms with E-state index in [1.54, 1.807) is 6.07 Å². The largest absolute Gasteiger partial charge is 0.305 e. The third-order valence-corrected chi connectivity index (χ3v) is 4.80. The summed E-state index contributed by atoms with van der Waals surface area (Å²) in [5, 5.41) is 30.6. The van der Waals surface area contributed by atoms with Gasteiger partial charge in [-0.3, -0.25) is 14.5 Å². The topological polar surface area (TPSA) is 110 Å². The van der Waals surface area contributed by atoms with E-state index in [-0.39, 0.29) is 11.4 Å². The minimum absolute atomic E-state index is 0.227. The van der Waals surface area contributed by atoms with Crippen LogP contribution in [0.2, 0.25) is 0 Å². The number of benzene rings is 1. The molecule has 4 rings (SSSR count). The molecule has 0 unspecified atom stereocenters. The zero-order chi connectivity index (χ0) is 18.3. The average molecular weight is 362 g/mol. The molecule has 3 heterocycles. The maximum absolute atomic E-state index is 10.9. The molecule has 0 aliphatic rings. The van der Waals surface area contributed by atoms with Gasteiger partial charge >= 0.3 is 5.69 Å². The van der Waals surface area contributed by atoms with Gasteiger partial charge in [-0.1, -0.05) is 18.2 Å². The molecule has 0 radical (unpaired) electrons. The summed E-state index contributed by atoms with van der Waals surface area (Å²) >= 11 is 1.20. The van der Waals surface area contributed by atoms with Crippen LogP contribution < -0.4 is 0 Å². The maximum atomic E-state index is 10.9. The smallest absolute Gasteiger partial charge is 0.270 e. The third kappa shape index (κ3) is 2.53. The lowest BCUT2D eigenvalue weighted by Gasteiger charge is -2.07. The first-order chi connectivity index (χ1) is 12.6. The fraction of sp³-hybridized carbons (Fsp3) is 0.0588. The molecule has 3 aromatic heterocycles. The van der Waals surface area contributed by atoms with Crippen LogP contribution in [0.5, 0.6) is 0 Å². The van der Waals surface area contributed by atoms with Crippen LogP contribution in [0.1, 0.15) is 11.3 Å². The van der Waals surface area contributed by atoms with Crippen LogP contribution >= 0.6 is 11.8 Å². The van der Waals surface area contributed by atoms with Crippen molar-refractivity contribution in [1.29, 1.82) is 5.26 Å². The summed E-state index contributed by atoms with van der Waals surface area (Å²) in [4.78, 5) is 14.4. The summed E-state index contributed by atoms with van der Waals surface area (Å²) in [5.74, 6) is 0. The monoisotopic (exact) mass is 362 g/mol. The number of rotatable bonds is 3. The molecule has 0 bridgehead atoms. The zero-order valence-corrected chi connectivity index (χ0v) is 14.3. The number of hydrogen-bond acceptors (Lipinski definition) is 7. The molecule has 0 spiro atoms. The SMILES string of the molecule is Cc1cc2nnc(Sc3ccc([N+](=O)[O-])c(C#N)n3)n2c2ccccc12. The van der Waals surface area contributed by atoms with Crippen molar-refractivity contribution in [3.05, 3.63) is 63.8 Å². The van der Waals surface area contributed by atoms with Crippen LogP contribution in [0.4, 0.5) is 5.69 Å². The Hall–Kier alpha value is -3.51. The van der Waals surface area contributed by atoms with Gasteiger partial charge in [0.15, 0.2) is 5.65 Å². The predicted octanol–water partition coefficient (Wildman–Crippen LogP) is 3.52. The Labute approximate surface area is 151 Å². The zero-order valence-electron chi connectivity index (χ0n) is 13.4. The van der Waals surface area contributed by atoms with Gasteiger partial charge in [-0.05, 0) is 42.4 Å². The van der Waals surface area contributed by atoms with Crippen molar-refractivity contribution >= 4 is 34.0 Å². The van der Waals surface area contributed by atoms with Gasteiger partial charge in [0.25, 0.3) is 0 Å². The fourth-order valence-electron chi connectivity index (χ4n) is 2.75. The van der Waals surface area contributed by atoms with Crippen molar-refractivity contribution in [1.82, 2.24) is 19.6 Å². The molecule has 0 N–H and O–H groups in total. The molecule has 4 aromatic rings. The van der Waals surface area contributed by atoms with Gasteiger partial charge in [0.2, 0.25) is 10.9 Å². The van der Waals surface area contributed by atoms with Crippen LogP contribution in [0.3, 0.4) is 0 Å². The first-order valence-corrected chi connectivity index (χ1v) is 8.37. The highest BCUT2D eigenvalue weighted by atomic mass is 32.2. The molecule has 0 saturated heterocycles. The molecule has 0 aliphatic heterocycles. The molecule has 0 fully saturated rings. The van der Waals surface area contributed by atoms with E-state index in [9.17, 15) is 10.1 Å². The summed E-state index contributed by atoms with van der Waals surface area (Å²) in [6.45, 7) is 2.01. The highest BCUT2D eigenvalue weighted by molar-refractivity contribution is 7.99. The number of aryl methyl sites for hydroxylation is 1. The van der Waals surface area contributed by atoms with Crippen LogP contribution in [0, 0.1) is 28.4 Å². The van der Waals surface area contributed by atoms with Crippen molar-refractivity contribution in [2.24, 2.45) is 0 Å². The first-order valence-electron chi connectivity index (χ1n) is 7.55. The van der Waals surface area contributed by atoms with E-state index in [1.165, 1.54) is 23.9 Å². The molecule has 9 heteroatoms. The number of nitrogens with zero attached hydrogens (tertiary/aromatic N) is 6. The summed E-state index contributed by atoms with van der Waals surface area (Å²) in [7, 11) is 0. The Morgan fingerprint density at radius 3 is 2.81 bits per heavy atom. The van der Waals surface area contributed by atoms with Crippen molar-refractivity contribution in [3.8, 4) is 6.07 Å². The quantitative estimate of drug-likeness (QED) is 0.405. The maximum Gasteiger partial charge on any atom is 0.305 e. The fourth-order valence-corrected chi connectivity index (χ4v) is 3.58. The molecule has 126 valence electrons. The summed E-state index contributed by atoms with van der Waals surface area (Å²) in [5.41, 5.74) is 2.21. The number of fused-ring (bicyclic) bond motifs is 3. The number of nitro groups is 1. The molecule has 1 aromatic carbocycles. The van der Waals surface area contributed by atoms with Crippen LogP contribution in [0.25, 0.3) is 16.6 Å². The second kappa shape index (κ2) is 6.09. The number of nitriles is 1. The predicted molar refractivity (Wildman–Crippen MR) is 95.0 cm³/mol. The van der Waals surface area contributed by atoms with Gasteiger partial charge in [0.05, 0.1) is 10.4 Å². The lowest BCUT2D eigenvalue weighted by atomic mass is 10.1. The molecule has 0 amide bonds. The summed E-state index contributed by atoms with van der Waals surface area (Å²) in [6, 6.07) is 14.4. The van der Waals surface area contributed by atoms with E-state index in [4.69, 9.17) is 5.26 Å². The Bertz CT molecular complexity index is 1230. The van der Waals surface area contributed by atoms with Gasteiger partial charge in [-0.25, -0.2) is 4.98 Å². The summed E-state index contributed by atoms with van der Waals surface area (Å²) in [6.07, 6.45) is 0. The molecule has 0 atom stereocenters. The van der Waals surface area contributed by atoms with Crippen molar-refractivity contribution in [2.75, 3.05) is 0 Å². The second-order valence-electron chi connectivity index (χ2n) is 5.51. The van der Waals surface area contributed by atoms with Crippen molar-refractivity contribution < 1.29 is 4.92 Å². The third-order valence-electron chi connectivity index (χ3n) is 3.92. The molecular formula is C17H10N6O2S. The Kier molecular flexibility index (Phi) is 3.74. The minimum Gasteiger partial charge on any atom is -0.270 e. The van der Waals surface area contributed by atoms with Gasteiger partial charge in [-0.2, -0.15) is 5.26 Å². The van der Waals surface area contributed by atoms with Crippen LogP contribution in [-0.2, 0) is 0 Å². The summed E-state index contributed by atoms with van der Waals surface area (Å²) < 4.78 is 1.90. The number of pyridine rings is 2. The standard InChI is InChI=1S/C17H10N6O2S/c1-10-8-15-20-21-17(22(15)13-5-3-2-4-11(10)13)26-16-7-6-14(23(24)25)12(9-18)19-16/h2-8H,1H3. The minimum atomic E-state index is -0.622. The van der Waals surface area contributed by atoms with Crippen LogP contribution in [-0.4, -0.2) is 24.5 Å². The van der Waals surface area contributed by atoms with Gasteiger partial charge in [0, 0.05) is 11.5 Å². The van der Waals surface area contributed by atoms with E-state index >= 15 is 0 Å². The molecular weight excluding hydrogens is 352 g/mol. The Morgan fingerprint density at radius 1 is 1.23 bits per heavy atom. The molecule has 8 nitrogen and oxygen atoms in total.